The minimum atomic E-state index is -0.127. The zero-order valence-corrected chi connectivity index (χ0v) is 15.7. The highest BCUT2D eigenvalue weighted by Gasteiger charge is 2.09. The standard InChI is InChI=1S/C20H21N3O2S/c1-14-8-9-15(2)17(12-14)25-11-10-18(24)21-20-23-22-19(26-20)13-16-6-4-3-5-7-16/h3-9,12H,10-11,13H2,1-2H3,(H,21,23,24). The lowest BCUT2D eigenvalue weighted by atomic mass is 10.1. The van der Waals surface area contributed by atoms with Gasteiger partial charge < -0.3 is 10.1 Å². The Morgan fingerprint density at radius 3 is 2.73 bits per heavy atom. The Bertz CT molecular complexity index is 878. The van der Waals surface area contributed by atoms with E-state index in [4.69, 9.17) is 4.74 Å². The van der Waals surface area contributed by atoms with Gasteiger partial charge >= 0.3 is 0 Å². The monoisotopic (exact) mass is 367 g/mol. The van der Waals surface area contributed by atoms with Crippen LogP contribution in [0.4, 0.5) is 5.13 Å². The summed E-state index contributed by atoms with van der Waals surface area (Å²) >= 11 is 1.40. The molecule has 0 aliphatic rings. The van der Waals surface area contributed by atoms with Crippen molar-refractivity contribution in [1.82, 2.24) is 10.2 Å². The van der Waals surface area contributed by atoms with Crippen molar-refractivity contribution in [2.45, 2.75) is 26.7 Å². The lowest BCUT2D eigenvalue weighted by Gasteiger charge is -2.09. The second-order valence-corrected chi connectivity index (χ2v) is 7.14. The molecule has 1 aromatic heterocycles. The fraction of sp³-hybridized carbons (Fsp3) is 0.250. The van der Waals surface area contributed by atoms with E-state index in [0.29, 0.717) is 18.2 Å². The van der Waals surface area contributed by atoms with Gasteiger partial charge in [0.15, 0.2) is 0 Å². The molecule has 2 aromatic carbocycles. The molecule has 0 saturated heterocycles. The molecule has 0 fully saturated rings. The highest BCUT2D eigenvalue weighted by atomic mass is 32.1. The fourth-order valence-corrected chi connectivity index (χ4v) is 3.23. The number of carbonyl (C=O) groups excluding carboxylic acids is 1. The molecule has 1 heterocycles. The van der Waals surface area contributed by atoms with E-state index >= 15 is 0 Å². The molecule has 26 heavy (non-hydrogen) atoms. The summed E-state index contributed by atoms with van der Waals surface area (Å²) in [7, 11) is 0. The molecule has 3 aromatic rings. The molecular weight excluding hydrogens is 346 g/mol. The summed E-state index contributed by atoms with van der Waals surface area (Å²) in [5, 5.41) is 12.4. The van der Waals surface area contributed by atoms with Crippen LogP contribution in [0.2, 0.25) is 0 Å². The van der Waals surface area contributed by atoms with Gasteiger partial charge in [0, 0.05) is 6.42 Å². The van der Waals surface area contributed by atoms with Crippen molar-refractivity contribution in [1.29, 1.82) is 0 Å². The third kappa shape index (κ3) is 5.13. The van der Waals surface area contributed by atoms with Crippen LogP contribution in [0, 0.1) is 13.8 Å². The van der Waals surface area contributed by atoms with Gasteiger partial charge in [-0.2, -0.15) is 0 Å². The number of carbonyl (C=O) groups is 1. The van der Waals surface area contributed by atoms with Crippen LogP contribution < -0.4 is 10.1 Å². The van der Waals surface area contributed by atoms with Crippen molar-refractivity contribution < 1.29 is 9.53 Å². The minimum absolute atomic E-state index is 0.127. The van der Waals surface area contributed by atoms with Gasteiger partial charge in [-0.15, -0.1) is 10.2 Å². The molecule has 0 atom stereocenters. The summed E-state index contributed by atoms with van der Waals surface area (Å²) in [5.74, 6) is 0.691. The van der Waals surface area contributed by atoms with Gasteiger partial charge in [-0.3, -0.25) is 4.79 Å². The van der Waals surface area contributed by atoms with Gasteiger partial charge in [-0.05, 0) is 36.6 Å². The molecule has 0 saturated carbocycles. The molecule has 6 heteroatoms. The van der Waals surface area contributed by atoms with E-state index in [1.807, 2.05) is 62.4 Å². The largest absolute Gasteiger partial charge is 0.493 e. The third-order valence-electron chi connectivity index (χ3n) is 3.84. The number of ether oxygens (including phenoxy) is 1. The van der Waals surface area contributed by atoms with E-state index < -0.39 is 0 Å². The Kier molecular flexibility index (Phi) is 5.96. The van der Waals surface area contributed by atoms with Crippen LogP contribution >= 0.6 is 11.3 Å². The molecule has 1 amide bonds. The second kappa shape index (κ2) is 8.58. The van der Waals surface area contributed by atoms with E-state index in [9.17, 15) is 4.79 Å². The quantitative estimate of drug-likeness (QED) is 0.681. The van der Waals surface area contributed by atoms with Crippen LogP contribution in [0.3, 0.4) is 0 Å². The van der Waals surface area contributed by atoms with Crippen molar-refractivity contribution in [3.63, 3.8) is 0 Å². The number of hydrogen-bond donors (Lipinski definition) is 1. The van der Waals surface area contributed by atoms with E-state index in [0.717, 1.165) is 21.9 Å². The van der Waals surface area contributed by atoms with Crippen molar-refractivity contribution in [3.8, 4) is 5.75 Å². The van der Waals surface area contributed by atoms with E-state index in [2.05, 4.69) is 15.5 Å². The zero-order valence-electron chi connectivity index (χ0n) is 14.9. The number of nitrogens with zero attached hydrogens (tertiary/aromatic N) is 2. The topological polar surface area (TPSA) is 64.1 Å². The van der Waals surface area contributed by atoms with Crippen molar-refractivity contribution in [2.75, 3.05) is 11.9 Å². The number of aromatic nitrogens is 2. The summed E-state index contributed by atoms with van der Waals surface area (Å²) in [6.07, 6.45) is 0.977. The Morgan fingerprint density at radius 1 is 1.12 bits per heavy atom. The molecule has 0 bridgehead atoms. The maximum Gasteiger partial charge on any atom is 0.229 e. The summed E-state index contributed by atoms with van der Waals surface area (Å²) < 4.78 is 5.72. The number of anilines is 1. The average molecular weight is 367 g/mol. The van der Waals surface area contributed by atoms with Crippen molar-refractivity contribution in [3.05, 3.63) is 70.2 Å². The first-order valence-corrected chi connectivity index (χ1v) is 9.28. The van der Waals surface area contributed by atoms with Crippen molar-refractivity contribution in [2.24, 2.45) is 0 Å². The number of amides is 1. The molecule has 0 aliphatic heterocycles. The van der Waals surface area contributed by atoms with Gasteiger partial charge in [0.25, 0.3) is 0 Å². The Morgan fingerprint density at radius 2 is 1.92 bits per heavy atom. The number of aryl methyl sites for hydroxylation is 2. The summed E-state index contributed by atoms with van der Waals surface area (Å²) in [6, 6.07) is 16.1. The van der Waals surface area contributed by atoms with Gasteiger partial charge in [-0.1, -0.05) is 53.8 Å². The predicted octanol–water partition coefficient (Wildman–Crippen LogP) is 4.15. The lowest BCUT2D eigenvalue weighted by molar-refractivity contribution is -0.116. The van der Waals surface area contributed by atoms with Crippen molar-refractivity contribution >= 4 is 22.4 Å². The van der Waals surface area contributed by atoms with Gasteiger partial charge in [0.05, 0.1) is 13.0 Å². The number of nitrogens with one attached hydrogen (secondary N) is 1. The summed E-state index contributed by atoms with van der Waals surface area (Å²) in [5.41, 5.74) is 3.36. The molecule has 0 radical (unpaired) electrons. The van der Waals surface area contributed by atoms with Crippen LogP contribution in [0.15, 0.2) is 48.5 Å². The molecule has 3 rings (SSSR count). The number of rotatable bonds is 7. The molecular formula is C20H21N3O2S. The van der Waals surface area contributed by atoms with E-state index in [1.54, 1.807) is 0 Å². The average Bonchev–Trinajstić information content (AvgIpc) is 3.05. The van der Waals surface area contributed by atoms with Gasteiger partial charge in [0.2, 0.25) is 11.0 Å². The first kappa shape index (κ1) is 18.1. The van der Waals surface area contributed by atoms with Crippen LogP contribution in [-0.4, -0.2) is 22.7 Å². The van der Waals surface area contributed by atoms with Gasteiger partial charge in [-0.25, -0.2) is 0 Å². The van der Waals surface area contributed by atoms with Crippen LogP contribution in [0.1, 0.15) is 28.1 Å². The molecule has 0 spiro atoms. The Hall–Kier alpha value is -2.73. The van der Waals surface area contributed by atoms with E-state index in [1.165, 1.54) is 16.9 Å². The Balaban J connectivity index is 1.47. The highest BCUT2D eigenvalue weighted by molar-refractivity contribution is 7.15. The molecule has 134 valence electrons. The third-order valence-corrected chi connectivity index (χ3v) is 4.68. The maximum absolute atomic E-state index is 12.1. The zero-order chi connectivity index (χ0) is 18.4. The van der Waals surface area contributed by atoms with Crippen LogP contribution in [-0.2, 0) is 11.2 Å². The highest BCUT2D eigenvalue weighted by Crippen LogP contribution is 2.20. The second-order valence-electron chi connectivity index (χ2n) is 6.08. The SMILES string of the molecule is Cc1ccc(C)c(OCCC(=O)Nc2nnc(Cc3ccccc3)s2)c1. The Labute approximate surface area is 157 Å². The maximum atomic E-state index is 12.1. The first-order chi connectivity index (χ1) is 12.6. The summed E-state index contributed by atoms with van der Waals surface area (Å²) in [4.78, 5) is 12.1. The summed E-state index contributed by atoms with van der Waals surface area (Å²) in [6.45, 7) is 4.33. The molecule has 1 N–H and O–H groups in total. The van der Waals surface area contributed by atoms with Crippen LogP contribution in [0.25, 0.3) is 0 Å². The normalized spacial score (nSPS) is 10.5. The molecule has 0 aliphatic carbocycles. The fourth-order valence-electron chi connectivity index (χ4n) is 2.44. The number of benzene rings is 2. The molecule has 0 unspecified atom stereocenters. The van der Waals surface area contributed by atoms with E-state index in [-0.39, 0.29) is 12.3 Å². The van der Waals surface area contributed by atoms with Crippen LogP contribution in [0.5, 0.6) is 5.75 Å². The van der Waals surface area contributed by atoms with Gasteiger partial charge in [0.1, 0.15) is 10.8 Å². The molecule has 5 nitrogen and oxygen atoms in total. The predicted molar refractivity (Wildman–Crippen MR) is 104 cm³/mol. The first-order valence-electron chi connectivity index (χ1n) is 8.46. The minimum Gasteiger partial charge on any atom is -0.493 e. The number of hydrogen-bond acceptors (Lipinski definition) is 5. The smallest absolute Gasteiger partial charge is 0.229 e. The lowest BCUT2D eigenvalue weighted by Crippen LogP contribution is -2.15.